The lowest BCUT2D eigenvalue weighted by Gasteiger charge is -2.34. The quantitative estimate of drug-likeness (QED) is 0.192. The summed E-state index contributed by atoms with van der Waals surface area (Å²) in [6.45, 7) is 3.62. The number of carbonyl (C=O) groups excluding carboxylic acids is 2. The Morgan fingerprint density at radius 1 is 0.935 bits per heavy atom. The Bertz CT molecular complexity index is 1960. The summed E-state index contributed by atoms with van der Waals surface area (Å²) in [7, 11) is 3.55. The molecular weight excluding hydrogens is 623 g/mol. The number of nitrogens with zero attached hydrogens (tertiary/aromatic N) is 6. The molecule has 5 aromatic rings. The van der Waals surface area contributed by atoms with E-state index in [4.69, 9.17) is 33.2 Å². The Labute approximate surface area is 276 Å². The molecule has 11 heteroatoms. The summed E-state index contributed by atoms with van der Waals surface area (Å²) in [4.78, 5) is 36.5. The normalized spacial score (nSPS) is 13.4. The van der Waals surface area contributed by atoms with Crippen LogP contribution in [0.4, 0.5) is 5.69 Å². The van der Waals surface area contributed by atoms with Crippen LogP contribution >= 0.6 is 23.2 Å². The lowest BCUT2D eigenvalue weighted by molar-refractivity contribution is 0.0619. The van der Waals surface area contributed by atoms with Crippen molar-refractivity contribution < 1.29 is 14.3 Å². The Morgan fingerprint density at radius 3 is 2.37 bits per heavy atom. The number of aryl methyl sites for hydroxylation is 1. The lowest BCUT2D eigenvalue weighted by atomic mass is 10.1. The Kier molecular flexibility index (Phi) is 8.95. The second-order valence-corrected chi connectivity index (χ2v) is 12.0. The number of aromatic nitrogens is 2. The van der Waals surface area contributed by atoms with Gasteiger partial charge in [0.2, 0.25) is 5.88 Å². The van der Waals surface area contributed by atoms with Crippen LogP contribution in [-0.2, 0) is 13.6 Å². The second-order valence-electron chi connectivity index (χ2n) is 11.1. The zero-order valence-electron chi connectivity index (χ0n) is 25.3. The average molecular weight is 654 g/mol. The molecule has 3 heterocycles. The number of ether oxygens (including phenoxy) is 1. The van der Waals surface area contributed by atoms with E-state index < -0.39 is 0 Å². The van der Waals surface area contributed by atoms with Crippen LogP contribution in [0.3, 0.4) is 0 Å². The van der Waals surface area contributed by atoms with Crippen LogP contribution in [0, 0.1) is 11.3 Å². The number of nitriles is 1. The summed E-state index contributed by atoms with van der Waals surface area (Å²) in [6, 6.07) is 25.5. The number of carbonyl (C=O) groups is 2. The fourth-order valence-corrected chi connectivity index (χ4v) is 5.80. The molecule has 6 rings (SSSR count). The maximum atomic E-state index is 13.5. The number of halogens is 2. The molecule has 0 unspecified atom stereocenters. The predicted octanol–water partition coefficient (Wildman–Crippen LogP) is 6.78. The van der Waals surface area contributed by atoms with E-state index in [9.17, 15) is 9.59 Å². The number of fused-ring (bicyclic) bond motifs is 1. The molecule has 0 saturated carbocycles. The number of benzene rings is 3. The average Bonchev–Trinajstić information content (AvgIpc) is 3.41. The van der Waals surface area contributed by atoms with Gasteiger partial charge in [0.05, 0.1) is 33.6 Å². The first-order chi connectivity index (χ1) is 22.2. The minimum Gasteiger partial charge on any atom is -0.439 e. The molecule has 0 aliphatic carbocycles. The third-order valence-electron chi connectivity index (χ3n) is 8.18. The van der Waals surface area contributed by atoms with Crippen LogP contribution in [0.15, 0.2) is 85.1 Å². The minimum atomic E-state index is -0.251. The zero-order chi connectivity index (χ0) is 32.4. The molecule has 46 heavy (non-hydrogen) atoms. The van der Waals surface area contributed by atoms with Gasteiger partial charge in [0.25, 0.3) is 11.8 Å². The second kappa shape index (κ2) is 13.2. The SMILES string of the molecule is CN(C(=O)c1ccc(Cl)c(Cl)c1)c1ccc(Oc2ccc3c(c2)cc(C(=O)N2CCN(Cc4ccc(C#N)cc4)CC2)n3C)nc1. The van der Waals surface area contributed by atoms with E-state index in [0.29, 0.717) is 57.3 Å². The summed E-state index contributed by atoms with van der Waals surface area (Å²) >= 11 is 12.1. The van der Waals surface area contributed by atoms with Crippen molar-refractivity contribution in [1.29, 1.82) is 5.26 Å². The van der Waals surface area contributed by atoms with Crippen molar-refractivity contribution in [2.75, 3.05) is 38.1 Å². The van der Waals surface area contributed by atoms with E-state index in [2.05, 4.69) is 16.0 Å². The van der Waals surface area contributed by atoms with Gasteiger partial charge in [0.1, 0.15) is 11.4 Å². The molecule has 0 radical (unpaired) electrons. The van der Waals surface area contributed by atoms with Crippen molar-refractivity contribution >= 4 is 51.6 Å². The fraction of sp³-hybridized carbons (Fsp3) is 0.200. The molecule has 1 aliphatic heterocycles. The van der Waals surface area contributed by atoms with Gasteiger partial charge in [-0.05, 0) is 66.2 Å². The topological polar surface area (TPSA) is 94.7 Å². The number of piperazine rings is 1. The minimum absolute atomic E-state index is 0.00372. The van der Waals surface area contributed by atoms with Crippen molar-refractivity contribution in [3.8, 4) is 17.7 Å². The highest BCUT2D eigenvalue weighted by Gasteiger charge is 2.25. The van der Waals surface area contributed by atoms with E-state index in [1.54, 1.807) is 37.5 Å². The smallest absolute Gasteiger partial charge is 0.270 e. The number of pyridine rings is 1. The first-order valence-electron chi connectivity index (χ1n) is 14.7. The Balaban J connectivity index is 1.08. The molecule has 1 fully saturated rings. The molecule has 0 N–H and O–H groups in total. The maximum Gasteiger partial charge on any atom is 0.270 e. The summed E-state index contributed by atoms with van der Waals surface area (Å²) in [5.41, 5.74) is 4.33. The van der Waals surface area contributed by atoms with Crippen molar-refractivity contribution in [2.45, 2.75) is 6.54 Å². The van der Waals surface area contributed by atoms with Crippen molar-refractivity contribution in [2.24, 2.45) is 7.05 Å². The molecule has 232 valence electrons. The monoisotopic (exact) mass is 652 g/mol. The highest BCUT2D eigenvalue weighted by molar-refractivity contribution is 6.42. The van der Waals surface area contributed by atoms with Crippen molar-refractivity contribution in [1.82, 2.24) is 19.4 Å². The van der Waals surface area contributed by atoms with Gasteiger partial charge in [-0.2, -0.15) is 5.26 Å². The van der Waals surface area contributed by atoms with E-state index in [1.807, 2.05) is 65.0 Å². The summed E-state index contributed by atoms with van der Waals surface area (Å²) in [5.74, 6) is 0.688. The van der Waals surface area contributed by atoms with Crippen molar-refractivity contribution in [3.05, 3.63) is 117 Å². The highest BCUT2D eigenvalue weighted by Crippen LogP contribution is 2.29. The third kappa shape index (κ3) is 6.56. The zero-order valence-corrected chi connectivity index (χ0v) is 26.8. The molecule has 0 bridgehead atoms. The van der Waals surface area contributed by atoms with Gasteiger partial charge >= 0.3 is 0 Å². The number of hydrogen-bond donors (Lipinski definition) is 0. The van der Waals surface area contributed by atoms with E-state index in [0.717, 1.165) is 36.1 Å². The first-order valence-corrected chi connectivity index (χ1v) is 15.4. The fourth-order valence-electron chi connectivity index (χ4n) is 5.50. The van der Waals surface area contributed by atoms with Crippen LogP contribution in [0.1, 0.15) is 32.0 Å². The first kappa shape index (κ1) is 31.1. The third-order valence-corrected chi connectivity index (χ3v) is 8.92. The summed E-state index contributed by atoms with van der Waals surface area (Å²) in [5, 5.41) is 10.6. The van der Waals surface area contributed by atoms with Gasteiger partial charge in [-0.25, -0.2) is 4.98 Å². The lowest BCUT2D eigenvalue weighted by Crippen LogP contribution is -2.48. The van der Waals surface area contributed by atoms with Gasteiger partial charge in [-0.3, -0.25) is 14.5 Å². The molecule has 0 atom stereocenters. The maximum absolute atomic E-state index is 13.5. The number of hydrogen-bond acceptors (Lipinski definition) is 6. The molecule has 3 aromatic carbocycles. The van der Waals surface area contributed by atoms with E-state index >= 15 is 0 Å². The van der Waals surface area contributed by atoms with Crippen LogP contribution in [0.5, 0.6) is 11.6 Å². The molecule has 0 spiro atoms. The van der Waals surface area contributed by atoms with Crippen molar-refractivity contribution in [3.63, 3.8) is 0 Å². The highest BCUT2D eigenvalue weighted by atomic mass is 35.5. The van der Waals surface area contributed by atoms with Crippen LogP contribution < -0.4 is 9.64 Å². The number of anilines is 1. The Hall–Kier alpha value is -4.88. The Morgan fingerprint density at radius 2 is 1.70 bits per heavy atom. The van der Waals surface area contributed by atoms with Gasteiger partial charge in [0.15, 0.2) is 0 Å². The van der Waals surface area contributed by atoms with Crippen LogP contribution in [0.25, 0.3) is 10.9 Å². The number of rotatable bonds is 7. The van der Waals surface area contributed by atoms with E-state index in [1.165, 1.54) is 11.0 Å². The molecule has 1 aliphatic rings. The largest absolute Gasteiger partial charge is 0.439 e. The van der Waals surface area contributed by atoms with Gasteiger partial charge in [-0.1, -0.05) is 35.3 Å². The molecular formula is C35H30Cl2N6O3. The predicted molar refractivity (Wildman–Crippen MR) is 179 cm³/mol. The van der Waals surface area contributed by atoms with E-state index in [-0.39, 0.29) is 11.8 Å². The van der Waals surface area contributed by atoms with Crippen LogP contribution in [0.2, 0.25) is 10.0 Å². The standard InChI is InChI=1S/C35H30Cl2N6O3/c1-40(34(44)25-7-10-29(36)30(37)18-25)27-8-12-33(39-21-27)46-28-9-11-31-26(17-28)19-32(41(31)2)35(45)43-15-13-42(14-16-43)22-24-5-3-23(20-38)4-6-24/h3-12,17-19,21H,13-16,22H2,1-2H3. The molecule has 2 aromatic heterocycles. The summed E-state index contributed by atoms with van der Waals surface area (Å²) in [6.07, 6.45) is 1.56. The molecule has 1 saturated heterocycles. The van der Waals surface area contributed by atoms with Crippen LogP contribution in [-0.4, -0.2) is 64.4 Å². The molecule has 9 nitrogen and oxygen atoms in total. The van der Waals surface area contributed by atoms with Gasteiger partial charge in [0, 0.05) is 69.4 Å². The number of amides is 2. The summed E-state index contributed by atoms with van der Waals surface area (Å²) < 4.78 is 7.94. The van der Waals surface area contributed by atoms with Gasteiger partial charge in [-0.15, -0.1) is 0 Å². The molecule has 2 amide bonds. The van der Waals surface area contributed by atoms with Gasteiger partial charge < -0.3 is 19.1 Å².